The lowest BCUT2D eigenvalue weighted by molar-refractivity contribution is 0.0497. The summed E-state index contributed by atoms with van der Waals surface area (Å²) in [5.74, 6) is 1.87. The minimum absolute atomic E-state index is 0.0682. The summed E-state index contributed by atoms with van der Waals surface area (Å²) in [7, 11) is 0. The van der Waals surface area contributed by atoms with Crippen molar-refractivity contribution in [2.45, 2.75) is 63.8 Å². The number of nitrogens with zero attached hydrogens (tertiary/aromatic N) is 4. The molecule has 8 nitrogen and oxygen atoms in total. The Hall–Kier alpha value is -1.67. The standard InChI is InChI=1S/C17H27N5O3/c23-17(18-10-16-20-19-15-6-1-7-22(15)16)21(11-13-4-2-8-24-13)12-14-5-3-9-25-14/h13-14H,1-12H2,(H,18,23)/t13-,14-/m1/s1. The number of amides is 2. The zero-order chi connectivity index (χ0) is 17.1. The number of aryl methyl sites for hydroxylation is 1. The summed E-state index contributed by atoms with van der Waals surface area (Å²) in [6.45, 7) is 4.22. The van der Waals surface area contributed by atoms with Gasteiger partial charge in [0.2, 0.25) is 0 Å². The maximum atomic E-state index is 12.8. The van der Waals surface area contributed by atoms with Gasteiger partial charge >= 0.3 is 6.03 Å². The van der Waals surface area contributed by atoms with Gasteiger partial charge in [0.15, 0.2) is 5.82 Å². The fourth-order valence-corrected chi connectivity index (χ4v) is 3.92. The molecule has 1 aromatic rings. The fraction of sp³-hybridized carbons (Fsp3) is 0.824. The molecule has 0 unspecified atom stereocenters. The number of ether oxygens (including phenoxy) is 2. The van der Waals surface area contributed by atoms with Crippen LogP contribution >= 0.6 is 0 Å². The predicted octanol–water partition coefficient (Wildman–Crippen LogP) is 1.09. The zero-order valence-electron chi connectivity index (χ0n) is 14.7. The van der Waals surface area contributed by atoms with E-state index in [1.165, 1.54) is 0 Å². The number of aromatic nitrogens is 3. The van der Waals surface area contributed by atoms with Gasteiger partial charge in [-0.3, -0.25) is 0 Å². The van der Waals surface area contributed by atoms with Gasteiger partial charge in [0, 0.05) is 39.3 Å². The average Bonchev–Trinajstić information content (AvgIpc) is 3.37. The van der Waals surface area contributed by atoms with Crippen LogP contribution in [-0.4, -0.2) is 64.2 Å². The lowest BCUT2D eigenvalue weighted by Gasteiger charge is -2.27. The Balaban J connectivity index is 1.35. The first-order valence-electron chi connectivity index (χ1n) is 9.46. The van der Waals surface area contributed by atoms with Crippen LogP contribution in [0, 0.1) is 0 Å². The van der Waals surface area contributed by atoms with Gasteiger partial charge in [-0.1, -0.05) is 0 Å². The molecule has 2 saturated heterocycles. The molecule has 4 rings (SSSR count). The summed E-state index contributed by atoms with van der Waals surface area (Å²) in [4.78, 5) is 14.6. The van der Waals surface area contributed by atoms with Gasteiger partial charge < -0.3 is 24.3 Å². The summed E-state index contributed by atoms with van der Waals surface area (Å²) >= 11 is 0. The van der Waals surface area contributed by atoms with E-state index < -0.39 is 0 Å². The van der Waals surface area contributed by atoms with Crippen LogP contribution in [0.25, 0.3) is 0 Å². The summed E-state index contributed by atoms with van der Waals surface area (Å²) in [5.41, 5.74) is 0. The van der Waals surface area contributed by atoms with Gasteiger partial charge in [0.1, 0.15) is 5.82 Å². The first-order chi connectivity index (χ1) is 12.3. The molecular weight excluding hydrogens is 322 g/mol. The Bertz CT molecular complexity index is 575. The van der Waals surface area contributed by atoms with Crippen LogP contribution in [0.5, 0.6) is 0 Å². The highest BCUT2D eigenvalue weighted by atomic mass is 16.5. The highest BCUT2D eigenvalue weighted by Crippen LogP contribution is 2.18. The number of fused-ring (bicyclic) bond motifs is 1. The molecule has 0 radical (unpaired) electrons. The number of carbonyl (C=O) groups is 1. The van der Waals surface area contributed by atoms with Gasteiger partial charge in [-0.05, 0) is 32.1 Å². The lowest BCUT2D eigenvalue weighted by atomic mass is 10.2. The topological polar surface area (TPSA) is 81.5 Å². The van der Waals surface area contributed by atoms with Crippen molar-refractivity contribution in [2.24, 2.45) is 0 Å². The SMILES string of the molecule is O=C(NCc1nnc2n1CCC2)N(C[C@H]1CCCO1)C[C@H]1CCCO1. The molecular formula is C17H27N5O3. The average molecular weight is 349 g/mol. The van der Waals surface area contributed by atoms with Gasteiger partial charge in [-0.15, -0.1) is 10.2 Å². The summed E-state index contributed by atoms with van der Waals surface area (Å²) in [5, 5.41) is 11.4. The van der Waals surface area contributed by atoms with E-state index in [1.807, 2.05) is 4.90 Å². The molecule has 138 valence electrons. The Morgan fingerprint density at radius 3 is 2.48 bits per heavy atom. The van der Waals surface area contributed by atoms with Crippen molar-refractivity contribution in [1.29, 1.82) is 0 Å². The second kappa shape index (κ2) is 7.70. The van der Waals surface area contributed by atoms with Crippen LogP contribution in [-0.2, 0) is 29.0 Å². The lowest BCUT2D eigenvalue weighted by Crippen LogP contribution is -2.47. The fourth-order valence-electron chi connectivity index (χ4n) is 3.92. The van der Waals surface area contributed by atoms with Crippen LogP contribution in [0.1, 0.15) is 43.8 Å². The molecule has 1 aromatic heterocycles. The van der Waals surface area contributed by atoms with Crippen molar-refractivity contribution in [3.8, 4) is 0 Å². The smallest absolute Gasteiger partial charge is 0.317 e. The number of carbonyl (C=O) groups excluding carboxylic acids is 1. The number of urea groups is 1. The van der Waals surface area contributed by atoms with E-state index in [2.05, 4.69) is 20.1 Å². The van der Waals surface area contributed by atoms with Crippen LogP contribution in [0.15, 0.2) is 0 Å². The van der Waals surface area contributed by atoms with E-state index in [1.54, 1.807) is 0 Å². The Labute approximate surface area is 147 Å². The van der Waals surface area contributed by atoms with Crippen molar-refractivity contribution in [2.75, 3.05) is 26.3 Å². The Kier molecular flexibility index (Phi) is 5.17. The minimum Gasteiger partial charge on any atom is -0.376 e. The Morgan fingerprint density at radius 1 is 1.12 bits per heavy atom. The van der Waals surface area contributed by atoms with Crippen molar-refractivity contribution >= 4 is 6.03 Å². The monoisotopic (exact) mass is 349 g/mol. The number of hydrogen-bond donors (Lipinski definition) is 1. The maximum Gasteiger partial charge on any atom is 0.317 e. The van der Waals surface area contributed by atoms with Crippen molar-refractivity contribution in [3.05, 3.63) is 11.6 Å². The first kappa shape index (κ1) is 16.8. The molecule has 25 heavy (non-hydrogen) atoms. The molecule has 0 spiro atoms. The molecule has 0 aromatic carbocycles. The number of rotatable bonds is 6. The van der Waals surface area contributed by atoms with Crippen LogP contribution in [0.2, 0.25) is 0 Å². The third-order valence-electron chi connectivity index (χ3n) is 5.27. The Morgan fingerprint density at radius 2 is 1.84 bits per heavy atom. The molecule has 2 amide bonds. The van der Waals surface area contributed by atoms with E-state index in [4.69, 9.17) is 9.47 Å². The number of nitrogens with one attached hydrogen (secondary N) is 1. The maximum absolute atomic E-state index is 12.8. The van der Waals surface area contributed by atoms with Crippen molar-refractivity contribution in [3.63, 3.8) is 0 Å². The molecule has 2 fully saturated rings. The molecule has 0 aliphatic carbocycles. The predicted molar refractivity (Wildman–Crippen MR) is 90.1 cm³/mol. The van der Waals surface area contributed by atoms with E-state index >= 15 is 0 Å². The summed E-state index contributed by atoms with van der Waals surface area (Å²) < 4.78 is 13.6. The second-order valence-corrected chi connectivity index (χ2v) is 7.12. The van der Waals surface area contributed by atoms with E-state index in [9.17, 15) is 4.79 Å². The molecule has 2 atom stereocenters. The third kappa shape index (κ3) is 3.95. The number of hydrogen-bond acceptors (Lipinski definition) is 5. The second-order valence-electron chi connectivity index (χ2n) is 7.12. The van der Waals surface area contributed by atoms with Gasteiger partial charge in [-0.25, -0.2) is 4.79 Å². The van der Waals surface area contributed by atoms with Crippen LogP contribution in [0.4, 0.5) is 4.79 Å². The van der Waals surface area contributed by atoms with E-state index in [0.717, 1.165) is 69.9 Å². The minimum atomic E-state index is -0.0682. The summed E-state index contributed by atoms with van der Waals surface area (Å²) in [6, 6.07) is -0.0682. The third-order valence-corrected chi connectivity index (χ3v) is 5.27. The van der Waals surface area contributed by atoms with Gasteiger partial charge in [-0.2, -0.15) is 0 Å². The highest BCUT2D eigenvalue weighted by molar-refractivity contribution is 5.74. The zero-order valence-corrected chi connectivity index (χ0v) is 14.7. The van der Waals surface area contributed by atoms with Crippen molar-refractivity contribution < 1.29 is 14.3 Å². The van der Waals surface area contributed by atoms with Gasteiger partial charge in [0.05, 0.1) is 18.8 Å². The van der Waals surface area contributed by atoms with Crippen LogP contribution < -0.4 is 5.32 Å². The molecule has 3 aliphatic heterocycles. The molecule has 0 saturated carbocycles. The summed E-state index contributed by atoms with van der Waals surface area (Å²) in [6.07, 6.45) is 6.56. The van der Waals surface area contributed by atoms with Crippen molar-refractivity contribution in [1.82, 2.24) is 25.0 Å². The van der Waals surface area contributed by atoms with E-state index in [0.29, 0.717) is 19.6 Å². The quantitative estimate of drug-likeness (QED) is 0.831. The normalized spacial score (nSPS) is 25.3. The largest absolute Gasteiger partial charge is 0.376 e. The van der Waals surface area contributed by atoms with Crippen LogP contribution in [0.3, 0.4) is 0 Å². The highest BCUT2D eigenvalue weighted by Gasteiger charge is 2.27. The van der Waals surface area contributed by atoms with Gasteiger partial charge in [0.25, 0.3) is 0 Å². The molecule has 8 heteroatoms. The molecule has 4 heterocycles. The molecule has 3 aliphatic rings. The first-order valence-corrected chi connectivity index (χ1v) is 9.46. The molecule has 1 N–H and O–H groups in total. The van der Waals surface area contributed by atoms with E-state index in [-0.39, 0.29) is 18.2 Å². The molecule has 0 bridgehead atoms.